The van der Waals surface area contributed by atoms with Crippen LogP contribution in [0.15, 0.2) is 42.7 Å². The summed E-state index contributed by atoms with van der Waals surface area (Å²) in [6, 6.07) is 10.3. The van der Waals surface area contributed by atoms with E-state index < -0.39 is 11.7 Å². The number of rotatable bonds is 4. The molecule has 1 saturated carbocycles. The largest absolute Gasteiger partial charge is 0.489 e. The Labute approximate surface area is 173 Å². The molecule has 2 aromatic rings. The molecule has 0 amide bonds. The Bertz CT molecular complexity index is 932. The van der Waals surface area contributed by atoms with Gasteiger partial charge in [-0.15, -0.1) is 5.92 Å². The Hall–Kier alpha value is -2.35. The van der Waals surface area contributed by atoms with Crippen molar-refractivity contribution in [2.45, 2.75) is 69.7 Å². The van der Waals surface area contributed by atoms with Crippen molar-refractivity contribution in [3.05, 3.63) is 59.4 Å². The van der Waals surface area contributed by atoms with Gasteiger partial charge in [-0.2, -0.15) is 0 Å². The first-order valence-corrected chi connectivity index (χ1v) is 10.5. The Morgan fingerprint density at radius 1 is 1.21 bits per heavy atom. The second-order valence-electron chi connectivity index (χ2n) is 8.43. The number of aromatic nitrogens is 1. The van der Waals surface area contributed by atoms with Gasteiger partial charge in [0.1, 0.15) is 12.4 Å². The van der Waals surface area contributed by atoms with Crippen LogP contribution in [0.5, 0.6) is 5.75 Å². The molecule has 4 nitrogen and oxygen atoms in total. The van der Waals surface area contributed by atoms with Crippen molar-refractivity contribution in [2.24, 2.45) is 5.92 Å². The van der Waals surface area contributed by atoms with E-state index in [0.29, 0.717) is 25.4 Å². The first kappa shape index (κ1) is 19.9. The average molecular weight is 392 g/mol. The fraction of sp³-hybridized carbons (Fsp3) is 0.480. The number of fused-ring (bicyclic) bond motifs is 3. The highest BCUT2D eigenvalue weighted by molar-refractivity contribution is 5.44. The van der Waals surface area contributed by atoms with E-state index in [9.17, 15) is 10.2 Å². The van der Waals surface area contributed by atoms with Crippen molar-refractivity contribution < 1.29 is 14.9 Å². The van der Waals surface area contributed by atoms with Crippen LogP contribution in [0.3, 0.4) is 0 Å². The molecule has 0 bridgehead atoms. The lowest BCUT2D eigenvalue weighted by Gasteiger charge is -2.53. The molecule has 0 spiro atoms. The molecule has 152 valence electrons. The van der Waals surface area contributed by atoms with Gasteiger partial charge in [-0.05, 0) is 85.9 Å². The Balaban J connectivity index is 1.60. The number of hydrogen-bond donors (Lipinski definition) is 2. The first-order chi connectivity index (χ1) is 14.0. The number of aliphatic hydroxyl groups excluding tert-OH is 1. The summed E-state index contributed by atoms with van der Waals surface area (Å²) < 4.78 is 6.01. The van der Waals surface area contributed by atoms with Gasteiger partial charge in [-0.3, -0.25) is 4.98 Å². The molecule has 29 heavy (non-hydrogen) atoms. The zero-order chi connectivity index (χ0) is 20.5. The van der Waals surface area contributed by atoms with Crippen molar-refractivity contribution in [1.29, 1.82) is 0 Å². The van der Waals surface area contributed by atoms with Gasteiger partial charge < -0.3 is 14.9 Å². The summed E-state index contributed by atoms with van der Waals surface area (Å²) in [6.45, 7) is 4.43. The van der Waals surface area contributed by atoms with E-state index in [4.69, 9.17) is 4.74 Å². The van der Waals surface area contributed by atoms with Gasteiger partial charge in [-0.25, -0.2) is 0 Å². The van der Waals surface area contributed by atoms with Crippen LogP contribution in [0.2, 0.25) is 0 Å². The minimum atomic E-state index is -1.29. The third-order valence-corrected chi connectivity index (χ3v) is 6.95. The summed E-state index contributed by atoms with van der Waals surface area (Å²) in [5, 5.41) is 21.7. The van der Waals surface area contributed by atoms with Crippen LogP contribution in [0, 0.1) is 17.8 Å². The molecule has 4 unspecified atom stereocenters. The first-order valence-electron chi connectivity index (χ1n) is 10.5. The molecule has 0 saturated heterocycles. The second-order valence-corrected chi connectivity index (χ2v) is 8.43. The van der Waals surface area contributed by atoms with Crippen LogP contribution in [0.4, 0.5) is 0 Å². The van der Waals surface area contributed by atoms with Gasteiger partial charge in [0.15, 0.2) is 5.60 Å². The highest BCUT2D eigenvalue weighted by Crippen LogP contribution is 2.54. The maximum absolute atomic E-state index is 10.9. The molecule has 0 radical (unpaired) electrons. The van der Waals surface area contributed by atoms with Crippen LogP contribution < -0.4 is 4.74 Å². The number of pyridine rings is 1. The van der Waals surface area contributed by atoms with Crippen molar-refractivity contribution in [2.75, 3.05) is 0 Å². The van der Waals surface area contributed by atoms with Gasteiger partial charge in [0, 0.05) is 17.8 Å². The number of aliphatic hydroxyl groups is 2. The zero-order valence-corrected chi connectivity index (χ0v) is 17.2. The van der Waals surface area contributed by atoms with Gasteiger partial charge in [0.25, 0.3) is 0 Å². The summed E-state index contributed by atoms with van der Waals surface area (Å²) in [4.78, 5) is 4.04. The molecule has 4 rings (SSSR count). The third-order valence-electron chi connectivity index (χ3n) is 6.95. The summed E-state index contributed by atoms with van der Waals surface area (Å²) in [7, 11) is 0. The fourth-order valence-corrected chi connectivity index (χ4v) is 5.40. The topological polar surface area (TPSA) is 62.6 Å². The molecule has 4 atom stereocenters. The Morgan fingerprint density at radius 2 is 2.00 bits per heavy atom. The molecule has 1 aromatic heterocycles. The quantitative estimate of drug-likeness (QED) is 0.779. The zero-order valence-electron chi connectivity index (χ0n) is 17.2. The molecule has 2 aliphatic carbocycles. The number of benzene rings is 1. The molecule has 1 heterocycles. The van der Waals surface area contributed by atoms with Crippen molar-refractivity contribution in [3.8, 4) is 17.6 Å². The number of hydrogen-bond acceptors (Lipinski definition) is 4. The third kappa shape index (κ3) is 3.54. The SMILES string of the molecule is CC#CC1(O)CC2CCc3cc(OCc4ccncc4)ccc3C2(CC)CC1O. The van der Waals surface area contributed by atoms with Crippen LogP contribution in [0.25, 0.3) is 0 Å². The number of nitrogens with zero attached hydrogens (tertiary/aromatic N) is 1. The molecular weight excluding hydrogens is 362 g/mol. The lowest BCUT2D eigenvalue weighted by atomic mass is 9.52. The minimum absolute atomic E-state index is 0.113. The van der Waals surface area contributed by atoms with E-state index in [1.807, 2.05) is 18.2 Å². The number of aryl methyl sites for hydroxylation is 1. The van der Waals surface area contributed by atoms with Crippen molar-refractivity contribution in [3.63, 3.8) is 0 Å². The predicted octanol–water partition coefficient (Wildman–Crippen LogP) is 3.78. The van der Waals surface area contributed by atoms with E-state index in [-0.39, 0.29) is 5.41 Å². The highest BCUT2D eigenvalue weighted by atomic mass is 16.5. The highest BCUT2D eigenvalue weighted by Gasteiger charge is 2.54. The lowest BCUT2D eigenvalue weighted by molar-refractivity contribution is -0.106. The molecule has 2 aliphatic rings. The molecular formula is C25H29NO3. The second kappa shape index (κ2) is 7.82. The molecule has 0 aliphatic heterocycles. The minimum Gasteiger partial charge on any atom is -0.489 e. The normalized spacial score (nSPS) is 30.5. The average Bonchev–Trinajstić information content (AvgIpc) is 2.74. The molecule has 4 heteroatoms. The number of ether oxygens (including phenoxy) is 1. The summed E-state index contributed by atoms with van der Waals surface area (Å²) in [5.41, 5.74) is 2.30. The van der Waals surface area contributed by atoms with Gasteiger partial charge >= 0.3 is 0 Å². The van der Waals surface area contributed by atoms with E-state index in [2.05, 4.69) is 35.9 Å². The van der Waals surface area contributed by atoms with Crippen LogP contribution in [0.1, 0.15) is 56.2 Å². The lowest BCUT2D eigenvalue weighted by Crippen LogP contribution is -2.57. The maximum atomic E-state index is 10.9. The van der Waals surface area contributed by atoms with Gasteiger partial charge in [-0.1, -0.05) is 18.9 Å². The van der Waals surface area contributed by atoms with Crippen LogP contribution in [-0.2, 0) is 18.4 Å². The van der Waals surface area contributed by atoms with E-state index in [1.165, 1.54) is 11.1 Å². The van der Waals surface area contributed by atoms with Crippen LogP contribution in [-0.4, -0.2) is 26.9 Å². The van der Waals surface area contributed by atoms with Gasteiger partial charge in [0.05, 0.1) is 6.10 Å². The van der Waals surface area contributed by atoms with E-state index >= 15 is 0 Å². The summed E-state index contributed by atoms with van der Waals surface area (Å²) in [6.07, 6.45) is 6.68. The van der Waals surface area contributed by atoms with E-state index in [0.717, 1.165) is 30.6 Å². The summed E-state index contributed by atoms with van der Waals surface area (Å²) >= 11 is 0. The smallest absolute Gasteiger partial charge is 0.151 e. The van der Waals surface area contributed by atoms with Crippen molar-refractivity contribution in [1.82, 2.24) is 4.98 Å². The standard InChI is InChI=1S/C25H29NO3/c1-3-11-25(28)15-20-6-5-19-14-21(29-17-18-9-12-26-13-10-18)7-8-22(19)24(20,4-2)16-23(25)27/h7-10,12-14,20,23,27-28H,4-6,15-17H2,1-2H3. The molecule has 1 fully saturated rings. The molecule has 1 aromatic carbocycles. The van der Waals surface area contributed by atoms with E-state index in [1.54, 1.807) is 19.3 Å². The van der Waals surface area contributed by atoms with Crippen molar-refractivity contribution >= 4 is 0 Å². The predicted molar refractivity (Wildman–Crippen MR) is 112 cm³/mol. The molecule has 2 N–H and O–H groups in total. The Morgan fingerprint density at radius 3 is 2.72 bits per heavy atom. The van der Waals surface area contributed by atoms with Gasteiger partial charge in [0.2, 0.25) is 0 Å². The maximum Gasteiger partial charge on any atom is 0.151 e. The fourth-order valence-electron chi connectivity index (χ4n) is 5.40. The monoisotopic (exact) mass is 391 g/mol. The summed E-state index contributed by atoms with van der Waals surface area (Å²) in [5.74, 6) is 6.88. The van der Waals surface area contributed by atoms with Crippen LogP contribution >= 0.6 is 0 Å². The Kier molecular flexibility index (Phi) is 5.38.